The van der Waals surface area contributed by atoms with Crippen LogP contribution in [0.3, 0.4) is 0 Å². The second-order valence-electron chi connectivity index (χ2n) is 3.05. The molecule has 88 valence electrons. The van der Waals surface area contributed by atoms with Crippen LogP contribution in [0.1, 0.15) is 11.6 Å². The zero-order valence-electron chi connectivity index (χ0n) is 8.86. The highest BCUT2D eigenvalue weighted by Gasteiger charge is 2.19. The van der Waals surface area contributed by atoms with Gasteiger partial charge in [-0.3, -0.25) is 4.79 Å². The van der Waals surface area contributed by atoms with E-state index >= 15 is 0 Å². The monoisotopic (exact) mass is 245 g/mol. The summed E-state index contributed by atoms with van der Waals surface area (Å²) in [7, 11) is 2.61. The number of methoxy groups -OCH3 is 2. The minimum atomic E-state index is -0.961. The summed E-state index contributed by atoms with van der Waals surface area (Å²) in [6, 6.07) is 1.86. The molecule has 0 radical (unpaired) electrons. The summed E-state index contributed by atoms with van der Waals surface area (Å²) in [5, 5.41) is 9.55. The maximum absolute atomic E-state index is 11.2. The third-order valence-electron chi connectivity index (χ3n) is 2.08. The van der Waals surface area contributed by atoms with Crippen molar-refractivity contribution in [1.29, 1.82) is 0 Å². The Hall–Kier alpha value is -1.46. The normalized spacial score (nSPS) is 12.0. The Labute approximate surface area is 97.7 Å². The third kappa shape index (κ3) is 2.37. The molecule has 0 aliphatic heterocycles. The molecule has 1 aromatic rings. The molecule has 16 heavy (non-hydrogen) atoms. The highest BCUT2D eigenvalue weighted by atomic mass is 35.5. The number of nitrogens with two attached hydrogens (primary N) is 1. The number of phenolic OH excluding ortho intramolecular Hbond substituents is 1. The lowest BCUT2D eigenvalue weighted by molar-refractivity contribution is -0.142. The molecule has 1 rings (SSSR count). The molecule has 0 heterocycles. The Morgan fingerprint density at radius 1 is 1.50 bits per heavy atom. The van der Waals surface area contributed by atoms with Gasteiger partial charge in [0.25, 0.3) is 0 Å². The molecule has 0 aliphatic rings. The molecular formula is C10H12ClNO4. The first-order valence-corrected chi connectivity index (χ1v) is 4.78. The van der Waals surface area contributed by atoms with Gasteiger partial charge in [-0.2, -0.15) is 0 Å². The number of aromatic hydroxyl groups is 1. The van der Waals surface area contributed by atoms with Crippen LogP contribution >= 0.6 is 11.6 Å². The largest absolute Gasteiger partial charge is 0.503 e. The first-order valence-electron chi connectivity index (χ1n) is 4.41. The number of rotatable bonds is 3. The van der Waals surface area contributed by atoms with Gasteiger partial charge in [0, 0.05) is 0 Å². The maximum atomic E-state index is 11.2. The molecule has 3 N–H and O–H groups in total. The van der Waals surface area contributed by atoms with E-state index in [0.29, 0.717) is 5.56 Å². The lowest BCUT2D eigenvalue weighted by Crippen LogP contribution is -2.22. The molecule has 0 aliphatic carbocycles. The zero-order chi connectivity index (χ0) is 12.3. The number of carbonyl (C=O) groups is 1. The fourth-order valence-corrected chi connectivity index (χ4v) is 1.41. The molecular weight excluding hydrogens is 234 g/mol. The van der Waals surface area contributed by atoms with E-state index in [0.717, 1.165) is 0 Å². The highest BCUT2D eigenvalue weighted by molar-refractivity contribution is 6.32. The lowest BCUT2D eigenvalue weighted by atomic mass is 10.1. The van der Waals surface area contributed by atoms with Crippen molar-refractivity contribution in [2.45, 2.75) is 6.04 Å². The molecule has 0 aromatic heterocycles. The van der Waals surface area contributed by atoms with Crippen LogP contribution in [0.2, 0.25) is 5.02 Å². The molecule has 0 fully saturated rings. The summed E-state index contributed by atoms with van der Waals surface area (Å²) in [6.45, 7) is 0. The van der Waals surface area contributed by atoms with Gasteiger partial charge in [-0.1, -0.05) is 11.6 Å². The lowest BCUT2D eigenvalue weighted by Gasteiger charge is -2.12. The van der Waals surface area contributed by atoms with Gasteiger partial charge in [0.1, 0.15) is 6.04 Å². The Balaban J connectivity index is 3.16. The number of phenols is 1. The quantitative estimate of drug-likeness (QED) is 0.783. The second kappa shape index (κ2) is 5.05. The van der Waals surface area contributed by atoms with E-state index in [-0.39, 0.29) is 16.5 Å². The van der Waals surface area contributed by atoms with E-state index in [9.17, 15) is 9.90 Å². The first-order chi connectivity index (χ1) is 7.51. The average Bonchev–Trinajstić information content (AvgIpc) is 2.30. The molecule has 5 nitrogen and oxygen atoms in total. The molecule has 0 bridgehead atoms. The highest BCUT2D eigenvalue weighted by Crippen LogP contribution is 2.36. The molecule has 0 amide bonds. The van der Waals surface area contributed by atoms with Crippen molar-refractivity contribution >= 4 is 17.6 Å². The minimum Gasteiger partial charge on any atom is -0.503 e. The van der Waals surface area contributed by atoms with Gasteiger partial charge in [0.2, 0.25) is 0 Å². The second-order valence-corrected chi connectivity index (χ2v) is 3.46. The number of esters is 1. The van der Waals surface area contributed by atoms with E-state index < -0.39 is 12.0 Å². The first kappa shape index (κ1) is 12.6. The number of hydrogen-bond donors (Lipinski definition) is 2. The van der Waals surface area contributed by atoms with Crippen LogP contribution in [-0.2, 0) is 9.53 Å². The Morgan fingerprint density at radius 3 is 2.62 bits per heavy atom. The van der Waals surface area contributed by atoms with Gasteiger partial charge in [-0.25, -0.2) is 0 Å². The molecule has 1 atom stereocenters. The van der Waals surface area contributed by atoms with Crippen LogP contribution in [0.15, 0.2) is 12.1 Å². The van der Waals surface area contributed by atoms with Crippen LogP contribution in [0.25, 0.3) is 0 Å². The summed E-state index contributed by atoms with van der Waals surface area (Å²) < 4.78 is 9.39. The number of benzene rings is 1. The zero-order valence-corrected chi connectivity index (χ0v) is 9.62. The van der Waals surface area contributed by atoms with E-state index in [4.69, 9.17) is 22.1 Å². The van der Waals surface area contributed by atoms with Gasteiger partial charge in [-0.15, -0.1) is 0 Å². The predicted molar refractivity (Wildman–Crippen MR) is 58.6 cm³/mol. The van der Waals surface area contributed by atoms with Crippen LogP contribution in [0.4, 0.5) is 0 Å². The summed E-state index contributed by atoms with van der Waals surface area (Å²) in [5.74, 6) is -0.629. The van der Waals surface area contributed by atoms with E-state index in [2.05, 4.69) is 4.74 Å². The van der Waals surface area contributed by atoms with Gasteiger partial charge in [0.05, 0.1) is 19.2 Å². The molecule has 1 aromatic carbocycles. The number of halogens is 1. The Morgan fingerprint density at radius 2 is 2.12 bits per heavy atom. The van der Waals surface area contributed by atoms with Gasteiger partial charge in [-0.05, 0) is 17.7 Å². The van der Waals surface area contributed by atoms with Gasteiger partial charge >= 0.3 is 5.97 Å². The smallest absolute Gasteiger partial charge is 0.327 e. The third-order valence-corrected chi connectivity index (χ3v) is 2.37. The molecule has 0 spiro atoms. The van der Waals surface area contributed by atoms with E-state index in [1.165, 1.54) is 26.4 Å². The topological polar surface area (TPSA) is 81.8 Å². The Bertz CT molecular complexity index is 408. The molecule has 6 heteroatoms. The van der Waals surface area contributed by atoms with Crippen molar-refractivity contribution in [3.05, 3.63) is 22.7 Å². The number of ether oxygens (including phenoxy) is 2. The van der Waals surface area contributed by atoms with Crippen molar-refractivity contribution in [3.63, 3.8) is 0 Å². The SMILES string of the molecule is COC(=O)[C@@H](N)c1cc(Cl)c(O)c(OC)c1. The predicted octanol–water partition coefficient (Wildman–Crippen LogP) is 1.23. The number of carbonyl (C=O) groups excluding carboxylic acids is 1. The van der Waals surface area contributed by atoms with Crippen molar-refractivity contribution in [1.82, 2.24) is 0 Å². The Kier molecular flexibility index (Phi) is 3.98. The molecule has 0 unspecified atom stereocenters. The standard InChI is InChI=1S/C10H12ClNO4/c1-15-7-4-5(3-6(11)9(7)13)8(12)10(14)16-2/h3-4,8,13H,12H2,1-2H3/t8-/m0/s1. The van der Waals surface area contributed by atoms with Crippen LogP contribution in [0, 0.1) is 0 Å². The molecule has 0 saturated heterocycles. The van der Waals surface area contributed by atoms with Crippen molar-refractivity contribution in [3.8, 4) is 11.5 Å². The average molecular weight is 246 g/mol. The van der Waals surface area contributed by atoms with E-state index in [1.807, 2.05) is 0 Å². The van der Waals surface area contributed by atoms with Crippen LogP contribution in [0.5, 0.6) is 11.5 Å². The summed E-state index contributed by atoms with van der Waals surface area (Å²) in [6.07, 6.45) is 0. The fraction of sp³-hybridized carbons (Fsp3) is 0.300. The van der Waals surface area contributed by atoms with Crippen molar-refractivity contribution in [2.24, 2.45) is 5.73 Å². The van der Waals surface area contributed by atoms with Gasteiger partial charge in [0.15, 0.2) is 11.5 Å². The van der Waals surface area contributed by atoms with Gasteiger partial charge < -0.3 is 20.3 Å². The van der Waals surface area contributed by atoms with Crippen LogP contribution in [-0.4, -0.2) is 25.3 Å². The summed E-state index contributed by atoms with van der Waals surface area (Å²) in [4.78, 5) is 11.2. The minimum absolute atomic E-state index is 0.0636. The molecule has 0 saturated carbocycles. The fourth-order valence-electron chi connectivity index (χ4n) is 1.19. The maximum Gasteiger partial charge on any atom is 0.327 e. The van der Waals surface area contributed by atoms with Crippen molar-refractivity contribution < 1.29 is 19.4 Å². The van der Waals surface area contributed by atoms with Crippen molar-refractivity contribution in [2.75, 3.05) is 14.2 Å². The summed E-state index contributed by atoms with van der Waals surface area (Å²) >= 11 is 5.75. The van der Waals surface area contributed by atoms with Crippen LogP contribution < -0.4 is 10.5 Å². The van der Waals surface area contributed by atoms with E-state index in [1.54, 1.807) is 0 Å². The number of hydrogen-bond acceptors (Lipinski definition) is 5. The summed E-state index contributed by atoms with van der Waals surface area (Å²) in [5.41, 5.74) is 6.03.